The SMILES string of the molecule is COc1ccc(/C(C#N)=C(\c2ccccc2)c2cccnc2)cc1. The maximum Gasteiger partial charge on any atom is 0.118 e. The Hall–Kier alpha value is -3.38. The molecule has 1 aromatic heterocycles. The lowest BCUT2D eigenvalue weighted by Crippen LogP contribution is -1.94. The van der Waals surface area contributed by atoms with Gasteiger partial charge < -0.3 is 4.74 Å². The molecule has 0 radical (unpaired) electrons. The molecule has 0 spiro atoms. The van der Waals surface area contributed by atoms with Gasteiger partial charge in [-0.25, -0.2) is 0 Å². The van der Waals surface area contributed by atoms with E-state index in [4.69, 9.17) is 4.74 Å². The molecule has 2 aromatic carbocycles. The van der Waals surface area contributed by atoms with Crippen LogP contribution in [0.4, 0.5) is 0 Å². The first-order chi connectivity index (χ1) is 11.8. The summed E-state index contributed by atoms with van der Waals surface area (Å²) in [7, 11) is 1.63. The van der Waals surface area contributed by atoms with Crippen LogP contribution in [0.2, 0.25) is 0 Å². The second-order valence-electron chi connectivity index (χ2n) is 5.20. The van der Waals surface area contributed by atoms with Crippen LogP contribution in [0.15, 0.2) is 79.1 Å². The monoisotopic (exact) mass is 312 g/mol. The highest BCUT2D eigenvalue weighted by atomic mass is 16.5. The predicted octanol–water partition coefficient (Wildman–Crippen LogP) is 4.57. The maximum atomic E-state index is 9.84. The van der Waals surface area contributed by atoms with Crippen LogP contribution in [-0.2, 0) is 0 Å². The minimum absolute atomic E-state index is 0.608. The maximum absolute atomic E-state index is 9.84. The first-order valence-corrected chi connectivity index (χ1v) is 7.58. The summed E-state index contributed by atoms with van der Waals surface area (Å²) in [5.74, 6) is 0.763. The summed E-state index contributed by atoms with van der Waals surface area (Å²) in [5.41, 5.74) is 4.23. The van der Waals surface area contributed by atoms with Gasteiger partial charge in [0.05, 0.1) is 12.7 Å². The molecule has 0 aliphatic rings. The van der Waals surface area contributed by atoms with Gasteiger partial charge in [-0.15, -0.1) is 0 Å². The number of nitrogens with zero attached hydrogens (tertiary/aromatic N) is 2. The molecule has 3 rings (SSSR count). The normalized spacial score (nSPS) is 11.3. The summed E-state index contributed by atoms with van der Waals surface area (Å²) < 4.78 is 5.20. The zero-order valence-corrected chi connectivity index (χ0v) is 13.3. The van der Waals surface area contributed by atoms with Crippen molar-refractivity contribution in [3.8, 4) is 11.8 Å². The molecular weight excluding hydrogens is 296 g/mol. The third-order valence-electron chi connectivity index (χ3n) is 3.75. The number of benzene rings is 2. The fourth-order valence-corrected chi connectivity index (χ4v) is 2.59. The van der Waals surface area contributed by atoms with Crippen LogP contribution in [0.5, 0.6) is 5.75 Å². The lowest BCUT2D eigenvalue weighted by molar-refractivity contribution is 0.415. The second kappa shape index (κ2) is 7.26. The zero-order valence-electron chi connectivity index (χ0n) is 13.3. The smallest absolute Gasteiger partial charge is 0.118 e. The Morgan fingerprint density at radius 1 is 0.875 bits per heavy atom. The Morgan fingerprint density at radius 3 is 2.17 bits per heavy atom. The molecule has 0 N–H and O–H groups in total. The van der Waals surface area contributed by atoms with Gasteiger partial charge in [-0.2, -0.15) is 5.26 Å². The molecular formula is C21H16N2O. The molecule has 0 bridgehead atoms. The number of hydrogen-bond donors (Lipinski definition) is 0. The van der Waals surface area contributed by atoms with Crippen molar-refractivity contribution in [2.45, 2.75) is 0 Å². The van der Waals surface area contributed by atoms with E-state index in [0.29, 0.717) is 5.57 Å². The van der Waals surface area contributed by atoms with Crippen molar-refractivity contribution in [3.05, 3.63) is 95.8 Å². The number of aromatic nitrogens is 1. The van der Waals surface area contributed by atoms with Crippen LogP contribution in [0.1, 0.15) is 16.7 Å². The minimum Gasteiger partial charge on any atom is -0.497 e. The fourth-order valence-electron chi connectivity index (χ4n) is 2.59. The quantitative estimate of drug-likeness (QED) is 0.523. The van der Waals surface area contributed by atoms with Gasteiger partial charge in [-0.3, -0.25) is 4.98 Å². The van der Waals surface area contributed by atoms with Crippen LogP contribution in [0.25, 0.3) is 11.1 Å². The van der Waals surface area contributed by atoms with Crippen LogP contribution >= 0.6 is 0 Å². The molecule has 3 aromatic rings. The van der Waals surface area contributed by atoms with Gasteiger partial charge in [0.2, 0.25) is 0 Å². The topological polar surface area (TPSA) is 45.9 Å². The van der Waals surface area contributed by atoms with Gasteiger partial charge in [0, 0.05) is 23.5 Å². The summed E-state index contributed by atoms with van der Waals surface area (Å²) in [6, 6.07) is 23.6. The lowest BCUT2D eigenvalue weighted by Gasteiger charge is -2.12. The number of ether oxygens (including phenoxy) is 1. The van der Waals surface area contributed by atoms with E-state index in [-0.39, 0.29) is 0 Å². The molecule has 3 heteroatoms. The lowest BCUT2D eigenvalue weighted by atomic mass is 9.91. The molecule has 0 unspecified atom stereocenters. The van der Waals surface area contributed by atoms with Gasteiger partial charge in [-0.05, 0) is 41.5 Å². The summed E-state index contributed by atoms with van der Waals surface area (Å²) >= 11 is 0. The van der Waals surface area contributed by atoms with Gasteiger partial charge >= 0.3 is 0 Å². The van der Waals surface area contributed by atoms with Crippen LogP contribution in [0, 0.1) is 11.3 Å². The molecule has 0 atom stereocenters. The standard InChI is InChI=1S/C21H16N2O/c1-24-19-11-9-16(10-12-19)20(14-22)21(17-6-3-2-4-7-17)18-8-5-13-23-15-18/h2-13,15H,1H3/b21-20+. The molecule has 0 saturated heterocycles. The van der Waals surface area contributed by atoms with Crippen LogP contribution in [-0.4, -0.2) is 12.1 Å². The highest BCUT2D eigenvalue weighted by molar-refractivity contribution is 6.03. The van der Waals surface area contributed by atoms with Gasteiger partial charge in [0.25, 0.3) is 0 Å². The van der Waals surface area contributed by atoms with E-state index in [1.165, 1.54) is 0 Å². The number of methoxy groups -OCH3 is 1. The molecule has 0 fully saturated rings. The van der Waals surface area contributed by atoms with Crippen LogP contribution in [0.3, 0.4) is 0 Å². The largest absolute Gasteiger partial charge is 0.497 e. The van der Waals surface area contributed by atoms with E-state index in [1.807, 2.05) is 66.7 Å². The van der Waals surface area contributed by atoms with Crippen molar-refractivity contribution < 1.29 is 4.74 Å². The number of nitriles is 1. The van der Waals surface area contributed by atoms with E-state index in [2.05, 4.69) is 11.1 Å². The highest BCUT2D eigenvalue weighted by Gasteiger charge is 2.14. The number of pyridine rings is 1. The van der Waals surface area contributed by atoms with Crippen molar-refractivity contribution in [2.75, 3.05) is 7.11 Å². The minimum atomic E-state index is 0.608. The van der Waals surface area contributed by atoms with Gasteiger partial charge in [-0.1, -0.05) is 36.4 Å². The molecule has 24 heavy (non-hydrogen) atoms. The van der Waals surface area contributed by atoms with Gasteiger partial charge in [0.1, 0.15) is 11.8 Å². The zero-order chi connectivity index (χ0) is 16.8. The molecule has 0 aliphatic carbocycles. The molecule has 0 amide bonds. The molecule has 0 aliphatic heterocycles. The molecule has 0 saturated carbocycles. The molecule has 116 valence electrons. The molecule has 1 heterocycles. The van der Waals surface area contributed by atoms with E-state index in [9.17, 15) is 5.26 Å². The average Bonchev–Trinajstić information content (AvgIpc) is 2.67. The van der Waals surface area contributed by atoms with E-state index >= 15 is 0 Å². The Kier molecular flexibility index (Phi) is 4.69. The van der Waals surface area contributed by atoms with Crippen LogP contribution < -0.4 is 4.74 Å². The second-order valence-corrected chi connectivity index (χ2v) is 5.20. The third-order valence-corrected chi connectivity index (χ3v) is 3.75. The summed E-state index contributed by atoms with van der Waals surface area (Å²) in [5, 5.41) is 9.84. The number of allylic oxidation sites excluding steroid dienone is 1. The first kappa shape index (κ1) is 15.5. The Bertz CT molecular complexity index is 835. The first-order valence-electron chi connectivity index (χ1n) is 7.58. The van der Waals surface area contributed by atoms with E-state index in [1.54, 1.807) is 19.5 Å². The summed E-state index contributed by atoms with van der Waals surface area (Å²) in [6.07, 6.45) is 3.51. The van der Waals surface area contributed by atoms with Crippen molar-refractivity contribution >= 4 is 11.1 Å². The van der Waals surface area contributed by atoms with Crippen molar-refractivity contribution in [3.63, 3.8) is 0 Å². The number of rotatable bonds is 4. The molecule has 3 nitrogen and oxygen atoms in total. The van der Waals surface area contributed by atoms with Crippen molar-refractivity contribution in [1.82, 2.24) is 4.98 Å². The van der Waals surface area contributed by atoms with Crippen molar-refractivity contribution in [2.24, 2.45) is 0 Å². The highest BCUT2D eigenvalue weighted by Crippen LogP contribution is 2.32. The Balaban J connectivity index is 2.24. The fraction of sp³-hybridized carbons (Fsp3) is 0.0476. The Morgan fingerprint density at radius 2 is 1.58 bits per heavy atom. The summed E-state index contributed by atoms with van der Waals surface area (Å²) in [6.45, 7) is 0. The third kappa shape index (κ3) is 3.18. The van der Waals surface area contributed by atoms with Crippen molar-refractivity contribution in [1.29, 1.82) is 5.26 Å². The average molecular weight is 312 g/mol. The number of hydrogen-bond acceptors (Lipinski definition) is 3. The van der Waals surface area contributed by atoms with E-state index in [0.717, 1.165) is 28.0 Å². The van der Waals surface area contributed by atoms with Gasteiger partial charge in [0.15, 0.2) is 0 Å². The van der Waals surface area contributed by atoms with E-state index < -0.39 is 0 Å². The Labute approximate surface area is 141 Å². The predicted molar refractivity (Wildman–Crippen MR) is 95.2 cm³/mol. The summed E-state index contributed by atoms with van der Waals surface area (Å²) in [4.78, 5) is 4.21.